The van der Waals surface area contributed by atoms with Gasteiger partial charge in [-0.05, 0) is 40.5 Å². The molecule has 0 saturated carbocycles. The van der Waals surface area contributed by atoms with Gasteiger partial charge in [0, 0.05) is 11.8 Å². The van der Waals surface area contributed by atoms with Crippen molar-refractivity contribution in [3.8, 4) is 0 Å². The molecule has 72 valence electrons. The average Bonchev–Trinajstić information content (AvgIpc) is 2.42. The molecule has 0 saturated heterocycles. The molecular weight excluding hydrogens is 244 g/mol. The number of carbonyl (C=O) groups is 1. The van der Waals surface area contributed by atoms with Gasteiger partial charge in [-0.15, -0.1) is 0 Å². The van der Waals surface area contributed by atoms with Gasteiger partial charge in [0.05, 0.1) is 0 Å². The minimum absolute atomic E-state index is 0.162. The normalized spacial score (nSPS) is 10.7. The third kappa shape index (κ3) is 1.87. The van der Waals surface area contributed by atoms with Crippen molar-refractivity contribution >= 4 is 32.7 Å². The third-order valence-corrected chi connectivity index (χ3v) is 2.40. The first-order valence-corrected chi connectivity index (χ1v) is 5.12. The number of fused-ring (bicyclic) bond motifs is 1. The van der Waals surface area contributed by atoms with Crippen LogP contribution in [0.25, 0.3) is 11.0 Å². The van der Waals surface area contributed by atoms with E-state index in [1.54, 1.807) is 6.92 Å². The van der Waals surface area contributed by atoms with Crippen molar-refractivity contribution in [3.05, 3.63) is 34.5 Å². The van der Waals surface area contributed by atoms with E-state index in [4.69, 9.17) is 4.42 Å². The van der Waals surface area contributed by atoms with Gasteiger partial charge in [-0.25, -0.2) is 0 Å². The van der Waals surface area contributed by atoms with Crippen molar-refractivity contribution in [2.24, 2.45) is 0 Å². The first-order chi connectivity index (χ1) is 6.65. The lowest BCUT2D eigenvalue weighted by Crippen LogP contribution is -1.95. The zero-order valence-electron chi connectivity index (χ0n) is 7.71. The van der Waals surface area contributed by atoms with E-state index in [0.29, 0.717) is 11.1 Å². The van der Waals surface area contributed by atoms with Crippen molar-refractivity contribution in [2.45, 2.75) is 13.3 Å². The van der Waals surface area contributed by atoms with Crippen LogP contribution in [0.5, 0.6) is 0 Å². The van der Waals surface area contributed by atoms with Gasteiger partial charge in [0.15, 0.2) is 4.67 Å². The maximum absolute atomic E-state index is 10.9. The van der Waals surface area contributed by atoms with Gasteiger partial charge in [0.2, 0.25) is 0 Å². The molecule has 1 aromatic heterocycles. The molecule has 14 heavy (non-hydrogen) atoms. The summed E-state index contributed by atoms with van der Waals surface area (Å²) in [6.45, 7) is 1.59. The minimum Gasteiger partial charge on any atom is -0.449 e. The summed E-state index contributed by atoms with van der Waals surface area (Å²) < 4.78 is 6.11. The Morgan fingerprint density at radius 3 is 2.93 bits per heavy atom. The van der Waals surface area contributed by atoms with Crippen LogP contribution in [-0.4, -0.2) is 5.78 Å². The number of rotatable bonds is 2. The molecule has 2 rings (SSSR count). The summed E-state index contributed by atoms with van der Waals surface area (Å²) in [6.07, 6.45) is 0.467. The maximum atomic E-state index is 10.9. The lowest BCUT2D eigenvalue weighted by atomic mass is 10.1. The molecule has 0 radical (unpaired) electrons. The highest BCUT2D eigenvalue weighted by atomic mass is 79.9. The number of Topliss-reactive ketones (excluding diaryl/α,β-unsaturated/α-hetero) is 1. The summed E-state index contributed by atoms with van der Waals surface area (Å²) in [5.41, 5.74) is 1.81. The lowest BCUT2D eigenvalue weighted by molar-refractivity contribution is -0.116. The van der Waals surface area contributed by atoms with Gasteiger partial charge in [0.1, 0.15) is 11.4 Å². The van der Waals surface area contributed by atoms with Gasteiger partial charge < -0.3 is 4.42 Å². The molecular formula is C11H9BrO2. The summed E-state index contributed by atoms with van der Waals surface area (Å²) in [7, 11) is 0. The van der Waals surface area contributed by atoms with Gasteiger partial charge in [0.25, 0.3) is 0 Å². The first kappa shape index (κ1) is 9.46. The van der Waals surface area contributed by atoms with Crippen LogP contribution in [-0.2, 0) is 11.2 Å². The van der Waals surface area contributed by atoms with Crippen LogP contribution in [0.1, 0.15) is 12.5 Å². The van der Waals surface area contributed by atoms with E-state index in [1.165, 1.54) is 0 Å². The maximum Gasteiger partial charge on any atom is 0.170 e. The van der Waals surface area contributed by atoms with Gasteiger partial charge in [-0.3, -0.25) is 4.79 Å². The van der Waals surface area contributed by atoms with Crippen LogP contribution in [0, 0.1) is 0 Å². The molecule has 0 amide bonds. The lowest BCUT2D eigenvalue weighted by Gasteiger charge is -1.96. The Morgan fingerprint density at radius 2 is 2.21 bits per heavy atom. The Bertz CT molecular complexity index is 485. The number of furan rings is 1. The van der Waals surface area contributed by atoms with E-state index in [-0.39, 0.29) is 5.78 Å². The molecule has 0 aliphatic heterocycles. The highest BCUT2D eigenvalue weighted by molar-refractivity contribution is 9.10. The standard InChI is InChI=1S/C11H9BrO2/c1-7(13)4-8-2-3-9-6-11(12)14-10(9)5-8/h2-3,5-6H,4H2,1H3. The Balaban J connectivity index is 2.45. The van der Waals surface area contributed by atoms with E-state index in [0.717, 1.165) is 16.5 Å². The quantitative estimate of drug-likeness (QED) is 0.821. The number of hydrogen-bond donors (Lipinski definition) is 0. The highest BCUT2D eigenvalue weighted by Crippen LogP contribution is 2.24. The Kier molecular flexibility index (Phi) is 2.42. The van der Waals surface area contributed by atoms with Crippen molar-refractivity contribution < 1.29 is 9.21 Å². The van der Waals surface area contributed by atoms with Crippen LogP contribution in [0.15, 0.2) is 33.4 Å². The summed E-state index contributed by atoms with van der Waals surface area (Å²) in [4.78, 5) is 10.9. The summed E-state index contributed by atoms with van der Waals surface area (Å²) in [6, 6.07) is 7.72. The molecule has 0 atom stereocenters. The summed E-state index contributed by atoms with van der Waals surface area (Å²) >= 11 is 3.27. The predicted octanol–water partition coefficient (Wildman–Crippen LogP) is 3.33. The second-order valence-electron chi connectivity index (χ2n) is 3.30. The van der Waals surface area contributed by atoms with Crippen LogP contribution in [0.3, 0.4) is 0 Å². The Morgan fingerprint density at radius 1 is 1.43 bits per heavy atom. The van der Waals surface area contributed by atoms with Crippen molar-refractivity contribution in [3.63, 3.8) is 0 Å². The van der Waals surface area contributed by atoms with E-state index in [9.17, 15) is 4.79 Å². The van der Waals surface area contributed by atoms with Crippen molar-refractivity contribution in [1.82, 2.24) is 0 Å². The minimum atomic E-state index is 0.162. The molecule has 1 aromatic carbocycles. The fourth-order valence-corrected chi connectivity index (χ4v) is 1.86. The number of halogens is 1. The van der Waals surface area contributed by atoms with Gasteiger partial charge in [-0.1, -0.05) is 12.1 Å². The van der Waals surface area contributed by atoms with E-state index in [1.807, 2.05) is 24.3 Å². The van der Waals surface area contributed by atoms with E-state index < -0.39 is 0 Å². The average molecular weight is 253 g/mol. The second-order valence-corrected chi connectivity index (χ2v) is 4.08. The second kappa shape index (κ2) is 3.58. The number of benzene rings is 1. The largest absolute Gasteiger partial charge is 0.449 e. The third-order valence-electron chi connectivity index (χ3n) is 2.01. The van der Waals surface area contributed by atoms with Crippen LogP contribution < -0.4 is 0 Å². The molecule has 1 heterocycles. The molecule has 0 N–H and O–H groups in total. The Hall–Kier alpha value is -1.09. The molecule has 0 spiro atoms. The number of carbonyl (C=O) groups excluding carboxylic acids is 1. The zero-order chi connectivity index (χ0) is 10.1. The van der Waals surface area contributed by atoms with Crippen LogP contribution in [0.4, 0.5) is 0 Å². The van der Waals surface area contributed by atoms with E-state index in [2.05, 4.69) is 15.9 Å². The van der Waals surface area contributed by atoms with Gasteiger partial charge >= 0.3 is 0 Å². The molecule has 2 aromatic rings. The fourth-order valence-electron chi connectivity index (χ4n) is 1.44. The number of ketones is 1. The number of hydrogen-bond acceptors (Lipinski definition) is 2. The molecule has 0 bridgehead atoms. The van der Waals surface area contributed by atoms with E-state index >= 15 is 0 Å². The topological polar surface area (TPSA) is 30.2 Å². The molecule has 0 aliphatic rings. The summed E-state index contributed by atoms with van der Waals surface area (Å²) in [5.74, 6) is 0.162. The molecule has 2 nitrogen and oxygen atoms in total. The van der Waals surface area contributed by atoms with Crippen molar-refractivity contribution in [1.29, 1.82) is 0 Å². The summed E-state index contributed by atoms with van der Waals surface area (Å²) in [5, 5.41) is 1.05. The van der Waals surface area contributed by atoms with Crippen LogP contribution >= 0.6 is 15.9 Å². The van der Waals surface area contributed by atoms with Gasteiger partial charge in [-0.2, -0.15) is 0 Å². The Labute approximate surface area is 90.0 Å². The monoisotopic (exact) mass is 252 g/mol. The smallest absolute Gasteiger partial charge is 0.170 e. The highest BCUT2D eigenvalue weighted by Gasteiger charge is 2.03. The first-order valence-electron chi connectivity index (χ1n) is 4.32. The SMILES string of the molecule is CC(=O)Cc1ccc2cc(Br)oc2c1. The molecule has 3 heteroatoms. The van der Waals surface area contributed by atoms with Crippen molar-refractivity contribution in [2.75, 3.05) is 0 Å². The zero-order valence-corrected chi connectivity index (χ0v) is 9.30. The predicted molar refractivity (Wildman–Crippen MR) is 58.3 cm³/mol. The fraction of sp³-hybridized carbons (Fsp3) is 0.182. The molecule has 0 fully saturated rings. The molecule has 0 unspecified atom stereocenters. The molecule has 0 aliphatic carbocycles. The van der Waals surface area contributed by atoms with Crippen LogP contribution in [0.2, 0.25) is 0 Å².